The Morgan fingerprint density at radius 2 is 1.77 bits per heavy atom. The van der Waals surface area contributed by atoms with Crippen LogP contribution in [0.3, 0.4) is 0 Å². The van der Waals surface area contributed by atoms with Crippen molar-refractivity contribution in [3.8, 4) is 11.3 Å². The zero-order valence-electron chi connectivity index (χ0n) is 13.5. The van der Waals surface area contributed by atoms with Gasteiger partial charge in [-0.1, -0.05) is 6.07 Å². The largest absolute Gasteiger partial charge is 0.467 e. The molecule has 0 saturated heterocycles. The summed E-state index contributed by atoms with van der Waals surface area (Å²) in [5.74, 6) is -0.497. The van der Waals surface area contributed by atoms with Gasteiger partial charge in [0.2, 0.25) is 0 Å². The minimum absolute atomic E-state index is 0.330. The predicted molar refractivity (Wildman–Crippen MR) is 84.9 cm³/mol. The van der Waals surface area contributed by atoms with Crippen LogP contribution in [0.15, 0.2) is 29.1 Å². The number of esters is 1. The highest BCUT2D eigenvalue weighted by atomic mass is 16.5. The first-order valence-corrected chi connectivity index (χ1v) is 7.11. The summed E-state index contributed by atoms with van der Waals surface area (Å²) < 4.78 is 5.85. The Labute approximate surface area is 129 Å². The summed E-state index contributed by atoms with van der Waals surface area (Å²) >= 11 is 0. The molecule has 0 N–H and O–H groups in total. The average Bonchev–Trinajstić information content (AvgIpc) is 2.50. The van der Waals surface area contributed by atoms with E-state index in [1.807, 2.05) is 19.9 Å². The van der Waals surface area contributed by atoms with Gasteiger partial charge in [0.1, 0.15) is 0 Å². The van der Waals surface area contributed by atoms with Crippen molar-refractivity contribution in [2.45, 2.75) is 33.7 Å². The smallest absolute Gasteiger partial charge is 0.330 e. The Morgan fingerprint density at radius 1 is 1.14 bits per heavy atom. The molecule has 116 valence electrons. The number of aromatic nitrogens is 2. The molecule has 0 aliphatic rings. The predicted octanol–water partition coefficient (Wildman–Crippen LogP) is 2.57. The lowest BCUT2D eigenvalue weighted by Crippen LogP contribution is -2.30. The van der Waals surface area contributed by atoms with Crippen LogP contribution in [-0.2, 0) is 9.53 Å². The van der Waals surface area contributed by atoms with Crippen molar-refractivity contribution in [2.24, 2.45) is 0 Å². The maximum absolute atomic E-state index is 12.0. The molecular weight excluding hydrogens is 280 g/mol. The topological polar surface area (TPSA) is 61.2 Å². The molecule has 5 nitrogen and oxygen atoms in total. The van der Waals surface area contributed by atoms with Gasteiger partial charge in [0.05, 0.1) is 12.8 Å². The number of carbonyl (C=O) groups excluding carboxylic acids is 1. The van der Waals surface area contributed by atoms with Gasteiger partial charge in [-0.2, -0.15) is 5.10 Å². The quantitative estimate of drug-likeness (QED) is 0.817. The van der Waals surface area contributed by atoms with Crippen LogP contribution in [0, 0.1) is 20.8 Å². The van der Waals surface area contributed by atoms with Crippen LogP contribution in [0.2, 0.25) is 0 Å². The van der Waals surface area contributed by atoms with Crippen molar-refractivity contribution in [3.63, 3.8) is 0 Å². The van der Waals surface area contributed by atoms with Gasteiger partial charge in [-0.15, -0.1) is 0 Å². The molecule has 22 heavy (non-hydrogen) atoms. The summed E-state index contributed by atoms with van der Waals surface area (Å²) in [6, 6.07) is 6.48. The third-order valence-electron chi connectivity index (χ3n) is 3.85. The fourth-order valence-corrected chi connectivity index (χ4v) is 2.35. The summed E-state index contributed by atoms with van der Waals surface area (Å²) in [5.41, 5.74) is 4.72. The molecule has 1 aromatic carbocycles. The van der Waals surface area contributed by atoms with Gasteiger partial charge >= 0.3 is 5.97 Å². The lowest BCUT2D eigenvalue weighted by Gasteiger charge is -2.14. The van der Waals surface area contributed by atoms with Crippen molar-refractivity contribution >= 4 is 5.97 Å². The first-order chi connectivity index (χ1) is 10.3. The van der Waals surface area contributed by atoms with Crippen LogP contribution < -0.4 is 5.56 Å². The molecule has 0 aliphatic heterocycles. The zero-order chi connectivity index (χ0) is 16.4. The third-order valence-corrected chi connectivity index (χ3v) is 3.85. The standard InChI is InChI=1S/C17H20N2O3/c1-10-8-12(3)14(9-11(10)2)15-6-7-16(20)19(18-15)13(4)17(21)22-5/h6-9,13H,1-5H3. The molecule has 1 aromatic heterocycles. The SMILES string of the molecule is COC(=O)C(C)n1nc(-c2cc(C)c(C)cc2C)ccc1=O. The Morgan fingerprint density at radius 3 is 2.41 bits per heavy atom. The van der Waals surface area contributed by atoms with E-state index in [2.05, 4.69) is 22.8 Å². The molecule has 0 spiro atoms. The molecule has 1 unspecified atom stereocenters. The summed E-state index contributed by atoms with van der Waals surface area (Å²) in [4.78, 5) is 23.6. The van der Waals surface area contributed by atoms with Crippen molar-refractivity contribution < 1.29 is 9.53 Å². The van der Waals surface area contributed by atoms with E-state index in [0.29, 0.717) is 5.69 Å². The van der Waals surface area contributed by atoms with Crippen molar-refractivity contribution in [1.29, 1.82) is 0 Å². The van der Waals surface area contributed by atoms with Crippen molar-refractivity contribution in [3.05, 3.63) is 51.3 Å². The number of rotatable bonds is 3. The molecule has 2 aromatic rings. The second-order valence-electron chi connectivity index (χ2n) is 5.45. The summed E-state index contributed by atoms with van der Waals surface area (Å²) in [6.07, 6.45) is 0. The fourth-order valence-electron chi connectivity index (χ4n) is 2.35. The minimum atomic E-state index is -0.760. The maximum Gasteiger partial charge on any atom is 0.330 e. The summed E-state index contributed by atoms with van der Waals surface area (Å²) in [7, 11) is 1.29. The van der Waals surface area contributed by atoms with E-state index in [0.717, 1.165) is 21.4 Å². The van der Waals surface area contributed by atoms with Crippen LogP contribution in [0.25, 0.3) is 11.3 Å². The van der Waals surface area contributed by atoms with Gasteiger partial charge in [-0.25, -0.2) is 9.48 Å². The van der Waals surface area contributed by atoms with E-state index in [9.17, 15) is 9.59 Å². The van der Waals surface area contributed by atoms with Gasteiger partial charge in [0.15, 0.2) is 6.04 Å². The maximum atomic E-state index is 12.0. The van der Waals surface area contributed by atoms with Gasteiger partial charge in [-0.3, -0.25) is 4.79 Å². The summed E-state index contributed by atoms with van der Waals surface area (Å²) in [6.45, 7) is 7.69. The van der Waals surface area contributed by atoms with Gasteiger partial charge in [0.25, 0.3) is 5.56 Å². The Bertz CT molecular complexity index is 778. The second kappa shape index (κ2) is 6.13. The highest BCUT2D eigenvalue weighted by Gasteiger charge is 2.18. The number of hydrogen-bond acceptors (Lipinski definition) is 4. The number of ether oxygens (including phenoxy) is 1. The van der Waals surface area contributed by atoms with Crippen LogP contribution in [-0.4, -0.2) is 22.9 Å². The van der Waals surface area contributed by atoms with E-state index < -0.39 is 12.0 Å². The van der Waals surface area contributed by atoms with E-state index in [1.54, 1.807) is 13.0 Å². The third kappa shape index (κ3) is 2.93. The molecule has 0 fully saturated rings. The second-order valence-corrected chi connectivity index (χ2v) is 5.45. The number of methoxy groups -OCH3 is 1. The van der Waals surface area contributed by atoms with Crippen LogP contribution in [0.1, 0.15) is 29.7 Å². The van der Waals surface area contributed by atoms with Crippen LogP contribution >= 0.6 is 0 Å². The fraction of sp³-hybridized carbons (Fsp3) is 0.353. The summed E-state index contributed by atoms with van der Waals surface area (Å²) in [5, 5.41) is 4.35. The zero-order valence-corrected chi connectivity index (χ0v) is 13.5. The molecule has 5 heteroatoms. The molecule has 0 amide bonds. The van der Waals surface area contributed by atoms with Crippen LogP contribution in [0.5, 0.6) is 0 Å². The number of nitrogens with zero attached hydrogens (tertiary/aromatic N) is 2. The Kier molecular flexibility index (Phi) is 4.45. The number of carbonyl (C=O) groups is 1. The molecule has 1 atom stereocenters. The first-order valence-electron chi connectivity index (χ1n) is 7.11. The minimum Gasteiger partial charge on any atom is -0.467 e. The van der Waals surface area contributed by atoms with Crippen molar-refractivity contribution in [1.82, 2.24) is 9.78 Å². The molecule has 0 saturated carbocycles. The lowest BCUT2D eigenvalue weighted by molar-refractivity contribution is -0.144. The Balaban J connectivity index is 2.57. The normalized spacial score (nSPS) is 12.0. The molecular formula is C17H20N2O3. The molecule has 0 aliphatic carbocycles. The molecule has 1 heterocycles. The van der Waals surface area contributed by atoms with Crippen LogP contribution in [0.4, 0.5) is 0 Å². The van der Waals surface area contributed by atoms with Crippen molar-refractivity contribution in [2.75, 3.05) is 7.11 Å². The Hall–Kier alpha value is -2.43. The number of benzene rings is 1. The van der Waals surface area contributed by atoms with E-state index >= 15 is 0 Å². The molecule has 0 radical (unpaired) electrons. The average molecular weight is 300 g/mol. The lowest BCUT2D eigenvalue weighted by atomic mass is 9.99. The monoisotopic (exact) mass is 300 g/mol. The van der Waals surface area contributed by atoms with E-state index in [1.165, 1.54) is 18.7 Å². The van der Waals surface area contributed by atoms with E-state index in [4.69, 9.17) is 0 Å². The highest BCUT2D eigenvalue weighted by molar-refractivity contribution is 5.73. The van der Waals surface area contributed by atoms with Gasteiger partial charge < -0.3 is 4.74 Å². The number of aryl methyl sites for hydroxylation is 3. The number of hydrogen-bond donors (Lipinski definition) is 0. The highest BCUT2D eigenvalue weighted by Crippen LogP contribution is 2.24. The van der Waals surface area contributed by atoms with E-state index in [-0.39, 0.29) is 5.56 Å². The van der Waals surface area contributed by atoms with Gasteiger partial charge in [0, 0.05) is 11.6 Å². The van der Waals surface area contributed by atoms with Gasteiger partial charge in [-0.05, 0) is 56.5 Å². The molecule has 2 rings (SSSR count). The first kappa shape index (κ1) is 15.9. The molecule has 0 bridgehead atoms.